The lowest BCUT2D eigenvalue weighted by Gasteiger charge is -1.96. The van der Waals surface area contributed by atoms with Crippen LogP contribution in [-0.4, -0.2) is 21.1 Å². The Kier molecular flexibility index (Phi) is 2.52. The Balaban J connectivity index is 1.92. The van der Waals surface area contributed by atoms with Crippen LogP contribution in [-0.2, 0) is 0 Å². The molecule has 1 amide bonds. The quantitative estimate of drug-likeness (QED) is 0.745. The highest BCUT2D eigenvalue weighted by Crippen LogP contribution is 2.26. The number of hydrogen-bond donors (Lipinski definition) is 2. The number of anilines is 1. The number of carbonyl (C=O) groups excluding carboxylic acids is 1. The second-order valence-electron chi connectivity index (χ2n) is 3.58. The number of thiophene rings is 1. The van der Waals surface area contributed by atoms with Crippen molar-refractivity contribution in [3.63, 3.8) is 0 Å². The second-order valence-corrected chi connectivity index (χ2v) is 4.66. The highest BCUT2D eigenvalue weighted by atomic mass is 32.1. The number of benzene rings is 1. The van der Waals surface area contributed by atoms with Crippen molar-refractivity contribution < 1.29 is 9.18 Å². The van der Waals surface area contributed by atoms with Gasteiger partial charge in [0.15, 0.2) is 0 Å². The summed E-state index contributed by atoms with van der Waals surface area (Å²) in [5.74, 6) is -0.330. The Labute approximate surface area is 105 Å². The highest BCUT2D eigenvalue weighted by molar-refractivity contribution is 7.20. The van der Waals surface area contributed by atoms with Gasteiger partial charge in [-0.3, -0.25) is 10.1 Å². The predicted octanol–water partition coefficient (Wildman–Crippen LogP) is 2.41. The molecule has 3 aromatic rings. The molecule has 0 aliphatic rings. The van der Waals surface area contributed by atoms with E-state index >= 15 is 0 Å². The van der Waals surface area contributed by atoms with E-state index in [2.05, 4.69) is 20.5 Å². The Morgan fingerprint density at radius 3 is 3.06 bits per heavy atom. The van der Waals surface area contributed by atoms with E-state index in [1.807, 2.05) is 0 Å². The van der Waals surface area contributed by atoms with Gasteiger partial charge in [-0.25, -0.2) is 9.49 Å². The maximum Gasteiger partial charge on any atom is 0.268 e. The van der Waals surface area contributed by atoms with Crippen LogP contribution < -0.4 is 5.32 Å². The van der Waals surface area contributed by atoms with Crippen LogP contribution in [0.5, 0.6) is 0 Å². The van der Waals surface area contributed by atoms with Gasteiger partial charge in [0, 0.05) is 4.70 Å². The normalized spacial score (nSPS) is 10.7. The van der Waals surface area contributed by atoms with Crippen LogP contribution in [0, 0.1) is 5.82 Å². The Hall–Kier alpha value is -2.28. The maximum absolute atomic E-state index is 13.0. The summed E-state index contributed by atoms with van der Waals surface area (Å²) in [5.41, 5.74) is 0. The summed E-state index contributed by atoms with van der Waals surface area (Å²) >= 11 is 1.23. The fraction of sp³-hybridized carbons (Fsp3) is 0. The predicted molar refractivity (Wildman–Crippen MR) is 66.1 cm³/mol. The molecule has 0 saturated carbocycles. The van der Waals surface area contributed by atoms with Gasteiger partial charge in [-0.05, 0) is 23.6 Å². The minimum Gasteiger partial charge on any atom is -0.290 e. The number of H-pyrrole nitrogens is 1. The number of amides is 1. The third-order valence-electron chi connectivity index (χ3n) is 2.35. The average Bonchev–Trinajstić information content (AvgIpc) is 2.96. The van der Waals surface area contributed by atoms with E-state index in [1.165, 1.54) is 29.8 Å². The summed E-state index contributed by atoms with van der Waals surface area (Å²) in [6.45, 7) is 0. The van der Waals surface area contributed by atoms with E-state index in [0.717, 1.165) is 10.1 Å². The fourth-order valence-electron chi connectivity index (χ4n) is 1.55. The lowest BCUT2D eigenvalue weighted by molar-refractivity contribution is 0.103. The minimum atomic E-state index is -0.313. The fourth-order valence-corrected chi connectivity index (χ4v) is 2.53. The van der Waals surface area contributed by atoms with E-state index in [4.69, 9.17) is 0 Å². The Morgan fingerprint density at radius 2 is 2.28 bits per heavy atom. The number of aromatic nitrogens is 3. The summed E-state index contributed by atoms with van der Waals surface area (Å²) in [6, 6.07) is 6.13. The monoisotopic (exact) mass is 262 g/mol. The van der Waals surface area contributed by atoms with Crippen molar-refractivity contribution in [3.05, 3.63) is 41.3 Å². The number of aromatic amines is 1. The van der Waals surface area contributed by atoms with Crippen molar-refractivity contribution in [1.82, 2.24) is 15.2 Å². The molecule has 0 aliphatic heterocycles. The van der Waals surface area contributed by atoms with E-state index in [9.17, 15) is 9.18 Å². The maximum atomic E-state index is 13.0. The zero-order chi connectivity index (χ0) is 12.5. The van der Waals surface area contributed by atoms with Gasteiger partial charge in [0.1, 0.15) is 12.1 Å². The lowest BCUT2D eigenvalue weighted by atomic mass is 10.2. The molecule has 1 aromatic carbocycles. The van der Waals surface area contributed by atoms with Crippen molar-refractivity contribution in [1.29, 1.82) is 0 Å². The lowest BCUT2D eigenvalue weighted by Crippen LogP contribution is -2.11. The van der Waals surface area contributed by atoms with Crippen LogP contribution in [0.4, 0.5) is 10.3 Å². The largest absolute Gasteiger partial charge is 0.290 e. The molecule has 0 fully saturated rings. The molecule has 0 saturated heterocycles. The Morgan fingerprint density at radius 1 is 1.39 bits per heavy atom. The van der Waals surface area contributed by atoms with Crippen molar-refractivity contribution in [2.75, 3.05) is 5.32 Å². The molecule has 3 rings (SSSR count). The van der Waals surface area contributed by atoms with Gasteiger partial charge in [0.25, 0.3) is 5.91 Å². The third-order valence-corrected chi connectivity index (χ3v) is 3.45. The molecule has 18 heavy (non-hydrogen) atoms. The molecule has 2 N–H and O–H groups in total. The standard InChI is InChI=1S/C11H7FN4OS/c12-7-2-1-6-3-9(18-8(6)4-7)10(17)15-11-13-5-14-16-11/h1-5H,(H2,13,14,15,16,17). The number of fused-ring (bicyclic) bond motifs is 1. The molecule has 5 nitrogen and oxygen atoms in total. The second kappa shape index (κ2) is 4.19. The van der Waals surface area contributed by atoms with Gasteiger partial charge >= 0.3 is 0 Å². The van der Waals surface area contributed by atoms with E-state index in [1.54, 1.807) is 12.1 Å². The van der Waals surface area contributed by atoms with E-state index in [-0.39, 0.29) is 17.7 Å². The van der Waals surface area contributed by atoms with E-state index in [0.29, 0.717) is 4.88 Å². The van der Waals surface area contributed by atoms with Gasteiger partial charge in [-0.2, -0.15) is 10.1 Å². The summed E-state index contributed by atoms with van der Waals surface area (Å²) in [5, 5.41) is 9.56. The minimum absolute atomic E-state index is 0.281. The number of halogens is 1. The number of carbonyl (C=O) groups is 1. The number of rotatable bonds is 2. The number of nitrogens with one attached hydrogen (secondary N) is 2. The summed E-state index contributed by atoms with van der Waals surface area (Å²) in [6.07, 6.45) is 1.30. The van der Waals surface area contributed by atoms with Gasteiger partial charge in [-0.1, -0.05) is 6.07 Å². The molecule has 0 radical (unpaired) electrons. The topological polar surface area (TPSA) is 70.7 Å². The first-order chi connectivity index (χ1) is 8.72. The smallest absolute Gasteiger partial charge is 0.268 e. The molecule has 0 aliphatic carbocycles. The van der Waals surface area contributed by atoms with Crippen LogP contribution in [0.2, 0.25) is 0 Å². The molecule has 7 heteroatoms. The first-order valence-electron chi connectivity index (χ1n) is 5.08. The van der Waals surface area contributed by atoms with Crippen LogP contribution in [0.3, 0.4) is 0 Å². The summed E-state index contributed by atoms with van der Waals surface area (Å²) in [4.78, 5) is 16.2. The SMILES string of the molecule is O=C(Nc1ncn[nH]1)c1cc2ccc(F)cc2s1. The average molecular weight is 262 g/mol. The van der Waals surface area contributed by atoms with Crippen molar-refractivity contribution in [2.45, 2.75) is 0 Å². The van der Waals surface area contributed by atoms with Crippen molar-refractivity contribution in [2.24, 2.45) is 0 Å². The molecule has 0 bridgehead atoms. The summed E-state index contributed by atoms with van der Waals surface area (Å²) < 4.78 is 13.8. The summed E-state index contributed by atoms with van der Waals surface area (Å²) in [7, 11) is 0. The van der Waals surface area contributed by atoms with Gasteiger partial charge < -0.3 is 0 Å². The first-order valence-corrected chi connectivity index (χ1v) is 5.90. The van der Waals surface area contributed by atoms with Crippen molar-refractivity contribution in [3.8, 4) is 0 Å². The zero-order valence-electron chi connectivity index (χ0n) is 8.98. The molecule has 0 atom stereocenters. The van der Waals surface area contributed by atoms with Gasteiger partial charge in [0.2, 0.25) is 5.95 Å². The first kappa shape index (κ1) is 10.8. The third kappa shape index (κ3) is 1.95. The van der Waals surface area contributed by atoms with Gasteiger partial charge in [-0.15, -0.1) is 11.3 Å². The molecule has 90 valence electrons. The van der Waals surface area contributed by atoms with Gasteiger partial charge in [0.05, 0.1) is 4.88 Å². The van der Waals surface area contributed by atoms with Crippen LogP contribution in [0.25, 0.3) is 10.1 Å². The molecule has 0 spiro atoms. The highest BCUT2D eigenvalue weighted by Gasteiger charge is 2.11. The molecule has 0 unspecified atom stereocenters. The molecule has 2 heterocycles. The molecule has 2 aromatic heterocycles. The molecular weight excluding hydrogens is 255 g/mol. The Bertz CT molecular complexity index is 707. The van der Waals surface area contributed by atoms with Crippen LogP contribution in [0.1, 0.15) is 9.67 Å². The zero-order valence-corrected chi connectivity index (χ0v) is 9.79. The number of hydrogen-bond acceptors (Lipinski definition) is 4. The van der Waals surface area contributed by atoms with E-state index < -0.39 is 0 Å². The number of nitrogens with zero attached hydrogens (tertiary/aromatic N) is 2. The van der Waals surface area contributed by atoms with Crippen LogP contribution >= 0.6 is 11.3 Å². The molecular formula is C11H7FN4OS. The van der Waals surface area contributed by atoms with Crippen LogP contribution in [0.15, 0.2) is 30.6 Å². The van der Waals surface area contributed by atoms with Crippen molar-refractivity contribution >= 4 is 33.3 Å².